The summed E-state index contributed by atoms with van der Waals surface area (Å²) in [5.74, 6) is 0. The number of carboxylic acid groups (broad SMARTS) is 1. The zero-order chi connectivity index (χ0) is 17.7. The molecule has 3 nitrogen and oxygen atoms in total. The fourth-order valence-corrected chi connectivity index (χ4v) is 3.03. The molecule has 0 fully saturated rings. The van der Waals surface area contributed by atoms with Gasteiger partial charge in [0.2, 0.25) is 0 Å². The normalized spacial score (nSPS) is 10.7. The van der Waals surface area contributed by atoms with E-state index in [2.05, 4.69) is 11.3 Å². The number of unbranched alkanes of at least 4 members (excludes halogenated alkanes) is 16. The van der Waals surface area contributed by atoms with Crippen molar-refractivity contribution in [3.05, 3.63) is 12.7 Å². The number of allylic oxidation sites excluding steroid dienone is 1. The van der Waals surface area contributed by atoms with Gasteiger partial charge >= 0.3 is 6.16 Å². The van der Waals surface area contributed by atoms with Gasteiger partial charge in [-0.1, -0.05) is 96.0 Å². The Morgan fingerprint density at radius 2 is 1.00 bits per heavy atom. The lowest BCUT2D eigenvalue weighted by molar-refractivity contribution is 0.0899. The first-order chi connectivity index (χ1) is 11.8. The second-order valence-electron chi connectivity index (χ2n) is 6.85. The van der Waals surface area contributed by atoms with Crippen LogP contribution in [0.5, 0.6) is 0 Å². The Balaban J connectivity index is 2.98. The predicted molar refractivity (Wildman–Crippen MR) is 103 cm³/mol. The Hall–Kier alpha value is -0.990. The molecule has 3 heteroatoms. The highest BCUT2D eigenvalue weighted by molar-refractivity contribution is 5.56. The standard InChI is InChI=1S/C21H40O3/c1-2-3-4-5-6-7-8-9-10-11-12-13-14-15-16-17-18-19-20-24-21(22)23/h2H,1,3-20H2,(H,22,23). The van der Waals surface area contributed by atoms with Crippen LogP contribution in [-0.2, 0) is 4.74 Å². The van der Waals surface area contributed by atoms with Crippen molar-refractivity contribution in [1.29, 1.82) is 0 Å². The molecule has 0 aromatic heterocycles. The lowest BCUT2D eigenvalue weighted by atomic mass is 10.0. The lowest BCUT2D eigenvalue weighted by Gasteiger charge is -2.04. The van der Waals surface area contributed by atoms with E-state index in [1.54, 1.807) is 0 Å². The summed E-state index contributed by atoms with van der Waals surface area (Å²) in [6.45, 7) is 4.11. The Morgan fingerprint density at radius 3 is 1.33 bits per heavy atom. The fraction of sp³-hybridized carbons (Fsp3) is 0.857. The minimum absolute atomic E-state index is 0.351. The highest BCUT2D eigenvalue weighted by Gasteiger charge is 1.97. The maximum atomic E-state index is 10.2. The molecule has 0 aliphatic heterocycles. The van der Waals surface area contributed by atoms with Crippen LogP contribution in [0.1, 0.15) is 109 Å². The van der Waals surface area contributed by atoms with Gasteiger partial charge < -0.3 is 9.84 Å². The van der Waals surface area contributed by atoms with E-state index < -0.39 is 6.16 Å². The van der Waals surface area contributed by atoms with Crippen molar-refractivity contribution in [1.82, 2.24) is 0 Å². The van der Waals surface area contributed by atoms with Gasteiger partial charge in [0.15, 0.2) is 0 Å². The first-order valence-corrected chi connectivity index (χ1v) is 10.2. The average molecular weight is 341 g/mol. The summed E-state index contributed by atoms with van der Waals surface area (Å²) < 4.78 is 4.48. The Bertz CT molecular complexity index is 276. The minimum atomic E-state index is -1.15. The summed E-state index contributed by atoms with van der Waals surface area (Å²) in [5, 5.41) is 8.33. The number of hydrogen-bond acceptors (Lipinski definition) is 2. The van der Waals surface area contributed by atoms with Crippen molar-refractivity contribution in [2.45, 2.75) is 109 Å². The SMILES string of the molecule is C=CCCCCCCCCCCCCCCCCCCOC(=O)O. The third-order valence-corrected chi connectivity index (χ3v) is 4.53. The van der Waals surface area contributed by atoms with Crippen LogP contribution in [0.4, 0.5) is 4.79 Å². The number of ether oxygens (including phenoxy) is 1. The van der Waals surface area contributed by atoms with Gasteiger partial charge in [-0.25, -0.2) is 4.79 Å². The summed E-state index contributed by atoms with van der Waals surface area (Å²) in [6.07, 6.45) is 23.1. The lowest BCUT2D eigenvalue weighted by Crippen LogP contribution is -2.01. The molecule has 0 bridgehead atoms. The van der Waals surface area contributed by atoms with Gasteiger partial charge in [0.05, 0.1) is 6.61 Å². The molecular weight excluding hydrogens is 300 g/mol. The summed E-state index contributed by atoms with van der Waals surface area (Å²) in [7, 11) is 0. The maximum Gasteiger partial charge on any atom is 0.505 e. The molecule has 0 rings (SSSR count). The summed E-state index contributed by atoms with van der Waals surface area (Å²) in [6, 6.07) is 0. The Morgan fingerprint density at radius 1 is 0.667 bits per heavy atom. The van der Waals surface area contributed by atoms with Gasteiger partial charge in [-0.15, -0.1) is 6.58 Å². The number of hydrogen-bond donors (Lipinski definition) is 1. The van der Waals surface area contributed by atoms with Crippen LogP contribution in [0, 0.1) is 0 Å². The van der Waals surface area contributed by atoms with E-state index in [-0.39, 0.29) is 0 Å². The molecule has 0 saturated heterocycles. The third kappa shape index (κ3) is 21.0. The second kappa shape index (κ2) is 20.1. The zero-order valence-corrected chi connectivity index (χ0v) is 15.8. The molecular formula is C21H40O3. The van der Waals surface area contributed by atoms with Crippen molar-refractivity contribution < 1.29 is 14.6 Å². The van der Waals surface area contributed by atoms with Crippen molar-refractivity contribution in [2.75, 3.05) is 6.61 Å². The molecule has 142 valence electrons. The van der Waals surface area contributed by atoms with E-state index in [4.69, 9.17) is 5.11 Å². The largest absolute Gasteiger partial charge is 0.505 e. The van der Waals surface area contributed by atoms with Gasteiger partial charge in [-0.2, -0.15) is 0 Å². The van der Waals surface area contributed by atoms with Crippen LogP contribution in [0.15, 0.2) is 12.7 Å². The quantitative estimate of drug-likeness (QED) is 0.150. The van der Waals surface area contributed by atoms with E-state index in [0.717, 1.165) is 12.8 Å². The molecule has 0 amide bonds. The van der Waals surface area contributed by atoms with Crippen LogP contribution >= 0.6 is 0 Å². The molecule has 0 spiro atoms. The summed E-state index contributed by atoms with van der Waals surface area (Å²) in [4.78, 5) is 10.2. The molecule has 0 unspecified atom stereocenters. The molecule has 0 aliphatic rings. The number of rotatable bonds is 19. The molecule has 24 heavy (non-hydrogen) atoms. The van der Waals surface area contributed by atoms with Gasteiger partial charge in [0.1, 0.15) is 0 Å². The van der Waals surface area contributed by atoms with Crippen LogP contribution in [0.3, 0.4) is 0 Å². The molecule has 0 heterocycles. The smallest absolute Gasteiger partial charge is 0.450 e. The van der Waals surface area contributed by atoms with Crippen molar-refractivity contribution in [3.8, 4) is 0 Å². The molecule has 0 aromatic carbocycles. The van der Waals surface area contributed by atoms with Crippen molar-refractivity contribution in [3.63, 3.8) is 0 Å². The van der Waals surface area contributed by atoms with Crippen molar-refractivity contribution >= 4 is 6.16 Å². The monoisotopic (exact) mass is 340 g/mol. The first-order valence-electron chi connectivity index (χ1n) is 10.2. The molecule has 0 aliphatic carbocycles. The topological polar surface area (TPSA) is 46.5 Å². The predicted octanol–water partition coefficient (Wildman–Crippen LogP) is 7.50. The first kappa shape index (κ1) is 23.0. The van der Waals surface area contributed by atoms with Crippen LogP contribution in [0.25, 0.3) is 0 Å². The molecule has 0 radical (unpaired) electrons. The average Bonchev–Trinajstić information content (AvgIpc) is 2.56. The van der Waals surface area contributed by atoms with Crippen molar-refractivity contribution in [2.24, 2.45) is 0 Å². The highest BCUT2D eigenvalue weighted by Crippen LogP contribution is 2.14. The molecule has 0 saturated carbocycles. The molecule has 1 N–H and O–H groups in total. The van der Waals surface area contributed by atoms with E-state index in [1.807, 2.05) is 6.08 Å². The Kier molecular flexibility index (Phi) is 19.2. The highest BCUT2D eigenvalue weighted by atomic mass is 16.7. The molecule has 0 atom stereocenters. The van der Waals surface area contributed by atoms with E-state index in [0.29, 0.717) is 6.61 Å². The Labute approximate surface area is 149 Å². The third-order valence-electron chi connectivity index (χ3n) is 4.53. The summed E-state index contributed by atoms with van der Waals surface area (Å²) >= 11 is 0. The van der Waals surface area contributed by atoms with Gasteiger partial charge in [0, 0.05) is 0 Å². The van der Waals surface area contributed by atoms with Gasteiger partial charge in [-0.3, -0.25) is 0 Å². The van der Waals surface area contributed by atoms with E-state index in [1.165, 1.54) is 96.3 Å². The van der Waals surface area contributed by atoms with Crippen LogP contribution < -0.4 is 0 Å². The summed E-state index contributed by atoms with van der Waals surface area (Å²) in [5.41, 5.74) is 0. The fourth-order valence-electron chi connectivity index (χ4n) is 3.03. The van der Waals surface area contributed by atoms with Gasteiger partial charge in [-0.05, 0) is 19.3 Å². The minimum Gasteiger partial charge on any atom is -0.450 e. The number of carbonyl (C=O) groups is 1. The molecule has 0 aromatic rings. The van der Waals surface area contributed by atoms with E-state index in [9.17, 15) is 4.79 Å². The second-order valence-corrected chi connectivity index (χ2v) is 6.85. The van der Waals surface area contributed by atoms with Crippen LogP contribution in [0.2, 0.25) is 0 Å². The maximum absolute atomic E-state index is 10.2. The van der Waals surface area contributed by atoms with E-state index >= 15 is 0 Å². The van der Waals surface area contributed by atoms with Gasteiger partial charge in [0.25, 0.3) is 0 Å². The van der Waals surface area contributed by atoms with Crippen LogP contribution in [-0.4, -0.2) is 17.9 Å². The zero-order valence-electron chi connectivity index (χ0n) is 15.8.